The van der Waals surface area contributed by atoms with E-state index in [9.17, 15) is 10.2 Å². The normalized spacial score (nSPS) is 10.3. The monoisotopic (exact) mass is 308 g/mol. The molecule has 18 heavy (non-hydrogen) atoms. The summed E-state index contributed by atoms with van der Waals surface area (Å²) in [6, 6.07) is 12.7. The Kier molecular flexibility index (Phi) is 4.10. The molecule has 2 aromatic rings. The van der Waals surface area contributed by atoms with E-state index in [1.54, 1.807) is 12.1 Å². The molecule has 2 aromatic carbocycles. The summed E-state index contributed by atoms with van der Waals surface area (Å²) in [6.07, 6.45) is 0. The van der Waals surface area contributed by atoms with Gasteiger partial charge in [-0.2, -0.15) is 0 Å². The van der Waals surface area contributed by atoms with Crippen LogP contribution in [-0.4, -0.2) is 10.2 Å². The van der Waals surface area contributed by atoms with Crippen LogP contribution < -0.4 is 4.74 Å². The Bertz CT molecular complexity index is 503. The highest BCUT2D eigenvalue weighted by Gasteiger charge is 2.11. The van der Waals surface area contributed by atoms with Crippen molar-refractivity contribution in [1.29, 1.82) is 0 Å². The average molecular weight is 309 g/mol. The number of hydrogen-bond donors (Lipinski definition) is 2. The SMILES string of the molecule is Oc1cc(CBr)cc(O)c1OCc1ccccc1. The number of hydrogen-bond acceptors (Lipinski definition) is 3. The molecular formula is C14H13BrO3. The van der Waals surface area contributed by atoms with Crippen LogP contribution in [0.2, 0.25) is 0 Å². The zero-order valence-corrected chi connectivity index (χ0v) is 11.2. The number of alkyl halides is 1. The number of aromatic hydroxyl groups is 2. The van der Waals surface area contributed by atoms with Crippen molar-refractivity contribution in [3.05, 3.63) is 53.6 Å². The lowest BCUT2D eigenvalue weighted by molar-refractivity contribution is 0.273. The summed E-state index contributed by atoms with van der Waals surface area (Å²) >= 11 is 3.26. The van der Waals surface area contributed by atoms with Crippen molar-refractivity contribution < 1.29 is 14.9 Å². The van der Waals surface area contributed by atoms with Crippen LogP contribution in [0.3, 0.4) is 0 Å². The molecule has 0 fully saturated rings. The Labute approximate surface area is 114 Å². The van der Waals surface area contributed by atoms with Crippen molar-refractivity contribution in [3.8, 4) is 17.2 Å². The second kappa shape index (κ2) is 5.78. The fraction of sp³-hybridized carbons (Fsp3) is 0.143. The van der Waals surface area contributed by atoms with Crippen LogP contribution in [0.5, 0.6) is 17.2 Å². The van der Waals surface area contributed by atoms with Crippen molar-refractivity contribution in [1.82, 2.24) is 0 Å². The summed E-state index contributed by atoms with van der Waals surface area (Å²) in [5.74, 6) is 0.00400. The first kappa shape index (κ1) is 12.8. The quantitative estimate of drug-likeness (QED) is 0.849. The Balaban J connectivity index is 2.15. The molecule has 0 radical (unpaired) electrons. The van der Waals surface area contributed by atoms with Crippen molar-refractivity contribution >= 4 is 15.9 Å². The fourth-order valence-electron chi connectivity index (χ4n) is 1.61. The predicted octanol–water partition coefficient (Wildman–Crippen LogP) is 3.57. The standard InChI is InChI=1S/C14H13BrO3/c15-8-11-6-12(16)14(13(17)7-11)18-9-10-4-2-1-3-5-10/h1-7,16-17H,8-9H2. The Hall–Kier alpha value is -1.68. The van der Waals surface area contributed by atoms with E-state index < -0.39 is 0 Å². The summed E-state index contributed by atoms with van der Waals surface area (Å²) in [4.78, 5) is 0. The average Bonchev–Trinajstić information content (AvgIpc) is 2.38. The topological polar surface area (TPSA) is 49.7 Å². The second-order valence-corrected chi connectivity index (χ2v) is 4.43. The van der Waals surface area contributed by atoms with E-state index in [0.717, 1.165) is 11.1 Å². The molecule has 94 valence electrons. The summed E-state index contributed by atoms with van der Waals surface area (Å²) in [7, 11) is 0. The van der Waals surface area contributed by atoms with Gasteiger partial charge in [0.05, 0.1) is 0 Å². The van der Waals surface area contributed by atoms with Crippen molar-refractivity contribution in [2.45, 2.75) is 11.9 Å². The smallest absolute Gasteiger partial charge is 0.203 e. The van der Waals surface area contributed by atoms with E-state index in [2.05, 4.69) is 15.9 Å². The lowest BCUT2D eigenvalue weighted by Crippen LogP contribution is -1.96. The third-order valence-corrected chi connectivity index (χ3v) is 3.14. The van der Waals surface area contributed by atoms with Crippen molar-refractivity contribution in [3.63, 3.8) is 0 Å². The third-order valence-electron chi connectivity index (χ3n) is 2.49. The molecule has 2 rings (SSSR count). The first-order valence-electron chi connectivity index (χ1n) is 5.48. The molecule has 0 aliphatic carbocycles. The lowest BCUT2D eigenvalue weighted by Gasteiger charge is -2.11. The minimum Gasteiger partial charge on any atom is -0.504 e. The molecule has 0 bridgehead atoms. The Morgan fingerprint density at radius 1 is 0.944 bits per heavy atom. The van der Waals surface area contributed by atoms with Crippen molar-refractivity contribution in [2.24, 2.45) is 0 Å². The predicted molar refractivity (Wildman–Crippen MR) is 73.2 cm³/mol. The molecule has 0 saturated carbocycles. The molecule has 3 nitrogen and oxygen atoms in total. The molecule has 0 aromatic heterocycles. The zero-order chi connectivity index (χ0) is 13.0. The largest absolute Gasteiger partial charge is 0.504 e. The molecule has 0 aliphatic rings. The van der Waals surface area contributed by atoms with Gasteiger partial charge in [-0.15, -0.1) is 0 Å². The van der Waals surface area contributed by atoms with E-state index in [1.165, 1.54) is 0 Å². The van der Waals surface area contributed by atoms with Gasteiger partial charge in [0.15, 0.2) is 11.5 Å². The first-order valence-corrected chi connectivity index (χ1v) is 6.60. The molecule has 0 aliphatic heterocycles. The van der Waals surface area contributed by atoms with Gasteiger partial charge in [-0.1, -0.05) is 46.3 Å². The van der Waals surface area contributed by atoms with Gasteiger partial charge in [0, 0.05) is 5.33 Å². The summed E-state index contributed by atoms with van der Waals surface area (Å²) in [5, 5.41) is 20.1. The highest BCUT2D eigenvalue weighted by atomic mass is 79.9. The molecule has 2 N–H and O–H groups in total. The van der Waals surface area contributed by atoms with E-state index in [-0.39, 0.29) is 17.2 Å². The summed E-state index contributed by atoms with van der Waals surface area (Å²) in [5.41, 5.74) is 1.76. The minimum absolute atomic E-state index is 0.0552. The van der Waals surface area contributed by atoms with Crippen LogP contribution in [-0.2, 0) is 11.9 Å². The van der Waals surface area contributed by atoms with Gasteiger partial charge in [0.25, 0.3) is 0 Å². The summed E-state index contributed by atoms with van der Waals surface area (Å²) < 4.78 is 5.44. The molecule has 0 amide bonds. The molecule has 0 saturated heterocycles. The number of rotatable bonds is 4. The third kappa shape index (κ3) is 2.96. The van der Waals surface area contributed by atoms with E-state index >= 15 is 0 Å². The van der Waals surface area contributed by atoms with Crippen LogP contribution in [0.25, 0.3) is 0 Å². The number of phenolic OH excluding ortho intramolecular Hbond substituents is 2. The second-order valence-electron chi connectivity index (χ2n) is 3.87. The number of phenols is 2. The molecular weight excluding hydrogens is 296 g/mol. The van der Waals surface area contributed by atoms with E-state index in [1.807, 2.05) is 30.3 Å². The number of benzene rings is 2. The maximum Gasteiger partial charge on any atom is 0.203 e. The number of halogens is 1. The maximum atomic E-state index is 9.78. The van der Waals surface area contributed by atoms with Crippen LogP contribution in [0.4, 0.5) is 0 Å². The van der Waals surface area contributed by atoms with Crippen LogP contribution in [0, 0.1) is 0 Å². The van der Waals surface area contributed by atoms with Gasteiger partial charge in [0.1, 0.15) is 6.61 Å². The highest BCUT2D eigenvalue weighted by molar-refractivity contribution is 9.08. The minimum atomic E-state index is -0.0552. The van der Waals surface area contributed by atoms with E-state index in [0.29, 0.717) is 11.9 Å². The lowest BCUT2D eigenvalue weighted by atomic mass is 10.2. The van der Waals surface area contributed by atoms with Crippen LogP contribution >= 0.6 is 15.9 Å². The molecule has 0 atom stereocenters. The van der Waals surface area contributed by atoms with Crippen LogP contribution in [0.1, 0.15) is 11.1 Å². The number of ether oxygens (including phenoxy) is 1. The fourth-order valence-corrected chi connectivity index (χ4v) is 1.93. The van der Waals surface area contributed by atoms with Gasteiger partial charge in [0.2, 0.25) is 5.75 Å². The first-order chi connectivity index (χ1) is 8.70. The van der Waals surface area contributed by atoms with Gasteiger partial charge in [-0.25, -0.2) is 0 Å². The van der Waals surface area contributed by atoms with Gasteiger partial charge in [-0.3, -0.25) is 0 Å². The van der Waals surface area contributed by atoms with Gasteiger partial charge in [-0.05, 0) is 23.3 Å². The molecule has 4 heteroatoms. The van der Waals surface area contributed by atoms with Crippen LogP contribution in [0.15, 0.2) is 42.5 Å². The maximum absolute atomic E-state index is 9.78. The Morgan fingerprint density at radius 2 is 1.56 bits per heavy atom. The van der Waals surface area contributed by atoms with Crippen molar-refractivity contribution in [2.75, 3.05) is 0 Å². The Morgan fingerprint density at radius 3 is 2.11 bits per heavy atom. The molecule has 0 unspecified atom stereocenters. The zero-order valence-electron chi connectivity index (χ0n) is 9.64. The molecule has 0 spiro atoms. The highest BCUT2D eigenvalue weighted by Crippen LogP contribution is 2.37. The summed E-state index contributed by atoms with van der Waals surface area (Å²) in [6.45, 7) is 0.301. The van der Waals surface area contributed by atoms with Gasteiger partial charge >= 0.3 is 0 Å². The van der Waals surface area contributed by atoms with E-state index in [4.69, 9.17) is 4.74 Å². The van der Waals surface area contributed by atoms with Gasteiger partial charge < -0.3 is 14.9 Å². The molecule has 0 heterocycles.